The Morgan fingerprint density at radius 1 is 0.909 bits per heavy atom. The molecule has 0 rings (SSSR count). The van der Waals surface area contributed by atoms with Crippen LogP contribution in [0.2, 0.25) is 0 Å². The van der Waals surface area contributed by atoms with Gasteiger partial charge in [0.05, 0.1) is 0 Å². The molecule has 22 heavy (non-hydrogen) atoms. The second kappa shape index (κ2) is 9.46. The third-order valence-corrected chi connectivity index (χ3v) is 3.86. The van der Waals surface area contributed by atoms with Crippen molar-refractivity contribution in [3.05, 3.63) is 70.9 Å². The molecule has 0 heteroatoms. The first-order valence-corrected chi connectivity index (χ1v) is 8.15. The van der Waals surface area contributed by atoms with Gasteiger partial charge >= 0.3 is 0 Å². The Bertz CT molecular complexity index is 524. The van der Waals surface area contributed by atoms with Crippen LogP contribution in [0.5, 0.6) is 0 Å². The van der Waals surface area contributed by atoms with Gasteiger partial charge in [-0.2, -0.15) is 0 Å². The van der Waals surface area contributed by atoms with Crippen LogP contribution >= 0.6 is 0 Å². The number of allylic oxidation sites excluding steroid dienone is 11. The van der Waals surface area contributed by atoms with Gasteiger partial charge < -0.3 is 0 Å². The fourth-order valence-corrected chi connectivity index (χ4v) is 2.32. The first kappa shape index (κ1) is 20.4. The maximum Gasteiger partial charge on any atom is -0.0107 e. The van der Waals surface area contributed by atoms with Gasteiger partial charge in [0.25, 0.3) is 0 Å². The maximum atomic E-state index is 3.89. The van der Waals surface area contributed by atoms with E-state index < -0.39 is 0 Å². The molecule has 0 radical (unpaired) electrons. The molecule has 0 aromatic carbocycles. The molecule has 0 saturated heterocycles. The second-order valence-corrected chi connectivity index (χ2v) is 6.99. The van der Waals surface area contributed by atoms with E-state index in [4.69, 9.17) is 0 Å². The van der Waals surface area contributed by atoms with Gasteiger partial charge in [-0.25, -0.2) is 0 Å². The van der Waals surface area contributed by atoms with Crippen molar-refractivity contribution in [1.29, 1.82) is 0 Å². The average Bonchev–Trinajstić information content (AvgIpc) is 2.37. The lowest BCUT2D eigenvalue weighted by Crippen LogP contribution is -2.13. The molecule has 0 fully saturated rings. The van der Waals surface area contributed by atoms with Crippen LogP contribution in [0, 0.1) is 5.41 Å². The quantitative estimate of drug-likeness (QED) is 0.431. The van der Waals surface area contributed by atoms with Crippen LogP contribution in [-0.4, -0.2) is 0 Å². The maximum absolute atomic E-state index is 3.89. The van der Waals surface area contributed by atoms with Crippen LogP contribution in [0.1, 0.15) is 61.8 Å². The van der Waals surface area contributed by atoms with Gasteiger partial charge in [-0.15, -0.1) is 0 Å². The third kappa shape index (κ3) is 8.02. The Labute approximate surface area is 138 Å². The molecule has 0 amide bonds. The van der Waals surface area contributed by atoms with Crippen LogP contribution in [0.3, 0.4) is 0 Å². The summed E-state index contributed by atoms with van der Waals surface area (Å²) in [6, 6.07) is 0. The molecule has 0 aliphatic rings. The van der Waals surface area contributed by atoms with Crippen LogP contribution in [0.25, 0.3) is 0 Å². The van der Waals surface area contributed by atoms with Gasteiger partial charge in [0.2, 0.25) is 0 Å². The fourth-order valence-electron chi connectivity index (χ4n) is 2.32. The predicted molar refractivity (Wildman–Crippen MR) is 103 cm³/mol. The molecule has 0 spiro atoms. The minimum atomic E-state index is 0.228. The van der Waals surface area contributed by atoms with Gasteiger partial charge in [0, 0.05) is 0 Å². The van der Waals surface area contributed by atoms with E-state index in [2.05, 4.69) is 91.5 Å². The molecule has 0 nitrogen and oxygen atoms in total. The van der Waals surface area contributed by atoms with Crippen LogP contribution in [0.4, 0.5) is 0 Å². The Morgan fingerprint density at radius 2 is 1.50 bits per heavy atom. The molecular weight excluding hydrogens is 264 g/mol. The Morgan fingerprint density at radius 3 is 1.95 bits per heavy atom. The highest BCUT2D eigenvalue weighted by atomic mass is 14.2. The molecule has 0 saturated carbocycles. The zero-order chi connectivity index (χ0) is 17.3. The van der Waals surface area contributed by atoms with Crippen molar-refractivity contribution < 1.29 is 0 Å². The van der Waals surface area contributed by atoms with Crippen molar-refractivity contribution in [3.8, 4) is 0 Å². The zero-order valence-corrected chi connectivity index (χ0v) is 15.9. The summed E-state index contributed by atoms with van der Waals surface area (Å²) < 4.78 is 0. The fraction of sp³-hybridized carbons (Fsp3) is 0.455. The number of hydrogen-bond donors (Lipinski definition) is 0. The Balaban J connectivity index is 5.08. The van der Waals surface area contributed by atoms with E-state index >= 15 is 0 Å². The van der Waals surface area contributed by atoms with Gasteiger partial charge in [-0.05, 0) is 52.0 Å². The lowest BCUT2D eigenvalue weighted by atomic mass is 9.79. The lowest BCUT2D eigenvalue weighted by molar-refractivity contribution is 0.436. The Kier molecular flexibility index (Phi) is 8.79. The molecule has 0 aromatic rings. The predicted octanol–water partition coefficient (Wildman–Crippen LogP) is 7.34. The van der Waals surface area contributed by atoms with E-state index in [0.29, 0.717) is 0 Å². The second-order valence-electron chi connectivity index (χ2n) is 6.99. The topological polar surface area (TPSA) is 0 Å². The summed E-state index contributed by atoms with van der Waals surface area (Å²) in [5.41, 5.74) is 6.61. The van der Waals surface area contributed by atoms with E-state index in [0.717, 1.165) is 12.0 Å². The smallest absolute Gasteiger partial charge is 0.0107 e. The highest BCUT2D eigenvalue weighted by Gasteiger charge is 2.19. The lowest BCUT2D eigenvalue weighted by Gasteiger charge is -2.26. The minimum Gasteiger partial charge on any atom is -0.0961 e. The third-order valence-electron chi connectivity index (χ3n) is 3.86. The average molecular weight is 299 g/mol. The van der Waals surface area contributed by atoms with Crippen molar-refractivity contribution in [1.82, 2.24) is 0 Å². The SMILES string of the molecule is C=C(C)/C=C(C)/C=C/C=C(C)/C=C/C(=C(C)C)C(C)(C)CC. The molecule has 0 aliphatic carbocycles. The summed E-state index contributed by atoms with van der Waals surface area (Å²) in [7, 11) is 0. The monoisotopic (exact) mass is 298 g/mol. The van der Waals surface area contributed by atoms with Crippen molar-refractivity contribution >= 4 is 0 Å². The highest BCUT2D eigenvalue weighted by Crippen LogP contribution is 2.33. The van der Waals surface area contributed by atoms with Gasteiger partial charge in [-0.3, -0.25) is 0 Å². The molecule has 0 aliphatic heterocycles. The van der Waals surface area contributed by atoms with Crippen LogP contribution in [-0.2, 0) is 0 Å². The van der Waals surface area contributed by atoms with Gasteiger partial charge in [0.15, 0.2) is 0 Å². The molecule has 0 N–H and O–H groups in total. The molecule has 0 atom stereocenters. The summed E-state index contributed by atoms with van der Waals surface area (Å²) in [5, 5.41) is 0. The van der Waals surface area contributed by atoms with Crippen molar-refractivity contribution in [3.63, 3.8) is 0 Å². The molecule has 0 unspecified atom stereocenters. The molecule has 0 bridgehead atoms. The van der Waals surface area contributed by atoms with E-state index in [1.54, 1.807) is 0 Å². The highest BCUT2D eigenvalue weighted by molar-refractivity contribution is 5.35. The standard InChI is InChI=1S/C22H34/c1-10-22(8,9)21(18(4)5)15-14-19(6)12-11-13-20(7)16-17(2)3/h11-16H,2,10H2,1,3-9H3/b13-11+,15-14+,19-12+,20-16+. The number of rotatable bonds is 7. The summed E-state index contributed by atoms with van der Waals surface area (Å²) in [5.74, 6) is 0. The summed E-state index contributed by atoms with van der Waals surface area (Å²) in [6.07, 6.45) is 14.1. The summed E-state index contributed by atoms with van der Waals surface area (Å²) in [4.78, 5) is 0. The van der Waals surface area contributed by atoms with E-state index in [9.17, 15) is 0 Å². The van der Waals surface area contributed by atoms with Gasteiger partial charge in [0.1, 0.15) is 0 Å². The zero-order valence-electron chi connectivity index (χ0n) is 15.9. The molecular formula is C22H34. The largest absolute Gasteiger partial charge is 0.0961 e. The van der Waals surface area contributed by atoms with Crippen molar-refractivity contribution in [2.75, 3.05) is 0 Å². The first-order chi connectivity index (χ1) is 10.1. The summed E-state index contributed by atoms with van der Waals surface area (Å²) in [6.45, 7) is 21.4. The molecule has 122 valence electrons. The molecule has 0 aromatic heterocycles. The van der Waals surface area contributed by atoms with Gasteiger partial charge in [-0.1, -0.05) is 86.1 Å². The normalized spacial score (nSPS) is 14.0. The Hall–Kier alpha value is -1.56. The minimum absolute atomic E-state index is 0.228. The number of hydrogen-bond acceptors (Lipinski definition) is 0. The van der Waals surface area contributed by atoms with E-state index in [1.165, 1.54) is 22.3 Å². The van der Waals surface area contributed by atoms with Crippen LogP contribution in [0.15, 0.2) is 70.9 Å². The summed E-state index contributed by atoms with van der Waals surface area (Å²) >= 11 is 0. The molecule has 0 heterocycles. The van der Waals surface area contributed by atoms with E-state index in [1.807, 2.05) is 6.92 Å². The van der Waals surface area contributed by atoms with Crippen molar-refractivity contribution in [2.24, 2.45) is 5.41 Å². The van der Waals surface area contributed by atoms with E-state index in [-0.39, 0.29) is 5.41 Å². The van der Waals surface area contributed by atoms with Crippen LogP contribution < -0.4 is 0 Å². The van der Waals surface area contributed by atoms with Crippen molar-refractivity contribution in [2.45, 2.75) is 61.8 Å². The first-order valence-electron chi connectivity index (χ1n) is 8.15.